The average molecular weight is 391 g/mol. The number of halogens is 2. The zero-order chi connectivity index (χ0) is 14.0. The molecule has 3 atom stereocenters. The van der Waals surface area contributed by atoms with Crippen LogP contribution in [-0.2, 0) is 4.74 Å². The predicted molar refractivity (Wildman–Crippen MR) is 86.5 cm³/mol. The van der Waals surface area contributed by atoms with Crippen molar-refractivity contribution >= 4 is 31.9 Å². The van der Waals surface area contributed by atoms with E-state index >= 15 is 0 Å². The Morgan fingerprint density at radius 2 is 2.11 bits per heavy atom. The molecule has 1 saturated heterocycles. The second-order valence-electron chi connectivity index (χ2n) is 5.19. The molecule has 2 nitrogen and oxygen atoms in total. The van der Waals surface area contributed by atoms with Gasteiger partial charge >= 0.3 is 0 Å². The first-order valence-corrected chi connectivity index (χ1v) is 8.43. The van der Waals surface area contributed by atoms with Crippen LogP contribution in [0.5, 0.6) is 0 Å². The molecule has 0 radical (unpaired) electrons. The average Bonchev–Trinajstić information content (AvgIpc) is 2.77. The molecule has 2 rings (SSSR count). The standard InChI is InChI=1S/C15H21Br2NO/c1-4-18-15(11-5-6-19-10(11)3)12-8-13(16)9(2)7-14(12)17/h7-8,10-11,15,18H,4-6H2,1-3H3. The van der Waals surface area contributed by atoms with Gasteiger partial charge in [0.15, 0.2) is 0 Å². The highest BCUT2D eigenvalue weighted by Crippen LogP contribution is 2.38. The lowest BCUT2D eigenvalue weighted by atomic mass is 9.88. The first kappa shape index (κ1) is 15.5. The fourth-order valence-electron chi connectivity index (χ4n) is 2.80. The molecule has 0 aromatic heterocycles. The minimum Gasteiger partial charge on any atom is -0.378 e. The summed E-state index contributed by atoms with van der Waals surface area (Å²) in [6.45, 7) is 8.29. The quantitative estimate of drug-likeness (QED) is 0.811. The van der Waals surface area contributed by atoms with E-state index in [2.05, 4.69) is 70.1 Å². The largest absolute Gasteiger partial charge is 0.378 e. The Balaban J connectivity index is 2.35. The van der Waals surface area contributed by atoms with Crippen molar-refractivity contribution in [2.45, 2.75) is 39.3 Å². The van der Waals surface area contributed by atoms with Crippen molar-refractivity contribution in [1.29, 1.82) is 0 Å². The maximum absolute atomic E-state index is 5.74. The van der Waals surface area contributed by atoms with Crippen molar-refractivity contribution in [3.05, 3.63) is 32.2 Å². The lowest BCUT2D eigenvalue weighted by Crippen LogP contribution is -2.32. The molecule has 1 heterocycles. The van der Waals surface area contributed by atoms with Gasteiger partial charge in [-0.05, 0) is 50.1 Å². The van der Waals surface area contributed by atoms with Crippen LogP contribution in [0.4, 0.5) is 0 Å². The third-order valence-corrected chi connectivity index (χ3v) is 5.44. The van der Waals surface area contributed by atoms with Crippen molar-refractivity contribution < 1.29 is 4.74 Å². The molecule has 1 N–H and O–H groups in total. The molecule has 4 heteroatoms. The van der Waals surface area contributed by atoms with Crippen molar-refractivity contribution in [3.63, 3.8) is 0 Å². The van der Waals surface area contributed by atoms with E-state index in [1.54, 1.807) is 0 Å². The Bertz CT molecular complexity index is 450. The Labute approximate surface area is 132 Å². The Morgan fingerprint density at radius 1 is 1.37 bits per heavy atom. The van der Waals surface area contributed by atoms with Gasteiger partial charge in [-0.25, -0.2) is 0 Å². The van der Waals surface area contributed by atoms with Crippen LogP contribution in [0.1, 0.15) is 37.4 Å². The van der Waals surface area contributed by atoms with Crippen LogP contribution in [0.3, 0.4) is 0 Å². The maximum atomic E-state index is 5.74. The molecule has 0 amide bonds. The molecule has 1 aromatic carbocycles. The van der Waals surface area contributed by atoms with E-state index in [0.717, 1.165) is 19.6 Å². The minimum absolute atomic E-state index is 0.316. The number of rotatable bonds is 4. The van der Waals surface area contributed by atoms with E-state index < -0.39 is 0 Å². The minimum atomic E-state index is 0.316. The Hall–Kier alpha value is 0.1000. The van der Waals surface area contributed by atoms with Crippen LogP contribution in [0.25, 0.3) is 0 Å². The van der Waals surface area contributed by atoms with Crippen molar-refractivity contribution in [2.75, 3.05) is 13.2 Å². The van der Waals surface area contributed by atoms with Crippen LogP contribution < -0.4 is 5.32 Å². The number of ether oxygens (including phenoxy) is 1. The fourth-order valence-corrected chi connectivity index (χ4v) is 3.86. The molecule has 1 aliphatic heterocycles. The number of hydrogen-bond acceptors (Lipinski definition) is 2. The van der Waals surface area contributed by atoms with Gasteiger partial charge in [0, 0.05) is 27.5 Å². The Kier molecular flexibility index (Phi) is 5.46. The summed E-state index contributed by atoms with van der Waals surface area (Å²) in [5.41, 5.74) is 2.57. The normalized spacial score (nSPS) is 24.7. The van der Waals surface area contributed by atoms with E-state index in [1.807, 2.05) is 0 Å². The molecule has 0 spiro atoms. The summed E-state index contributed by atoms with van der Waals surface area (Å²) < 4.78 is 8.09. The SMILES string of the molecule is CCNC(c1cc(Br)c(C)cc1Br)C1CCOC1C. The summed E-state index contributed by atoms with van der Waals surface area (Å²) in [5, 5.41) is 3.63. The topological polar surface area (TPSA) is 21.3 Å². The van der Waals surface area contributed by atoms with Gasteiger partial charge in [0.2, 0.25) is 0 Å². The molecule has 1 aromatic rings. The third kappa shape index (κ3) is 3.41. The van der Waals surface area contributed by atoms with Gasteiger partial charge in [-0.2, -0.15) is 0 Å². The lowest BCUT2D eigenvalue weighted by molar-refractivity contribution is 0.0955. The lowest BCUT2D eigenvalue weighted by Gasteiger charge is -2.28. The maximum Gasteiger partial charge on any atom is 0.0594 e. The summed E-state index contributed by atoms with van der Waals surface area (Å²) in [6.07, 6.45) is 1.44. The highest BCUT2D eigenvalue weighted by molar-refractivity contribution is 9.11. The highest BCUT2D eigenvalue weighted by Gasteiger charge is 2.33. The Morgan fingerprint density at radius 3 is 2.68 bits per heavy atom. The molecule has 0 aliphatic carbocycles. The summed E-state index contributed by atoms with van der Waals surface area (Å²) in [4.78, 5) is 0. The first-order valence-electron chi connectivity index (χ1n) is 6.85. The first-order chi connectivity index (χ1) is 9.04. The second kappa shape index (κ2) is 6.70. The van der Waals surface area contributed by atoms with E-state index in [4.69, 9.17) is 4.74 Å². The monoisotopic (exact) mass is 389 g/mol. The van der Waals surface area contributed by atoms with Gasteiger partial charge in [-0.1, -0.05) is 38.8 Å². The summed E-state index contributed by atoms with van der Waals surface area (Å²) in [5.74, 6) is 0.533. The van der Waals surface area contributed by atoms with E-state index in [1.165, 1.54) is 20.1 Å². The number of nitrogens with one attached hydrogen (secondary N) is 1. The van der Waals surface area contributed by atoms with Crippen molar-refractivity contribution in [2.24, 2.45) is 5.92 Å². The molecular weight excluding hydrogens is 370 g/mol. The van der Waals surface area contributed by atoms with Crippen LogP contribution >= 0.6 is 31.9 Å². The third-order valence-electron chi connectivity index (χ3n) is 3.90. The molecule has 106 valence electrons. The summed E-state index contributed by atoms with van der Waals surface area (Å²) >= 11 is 7.36. The zero-order valence-corrected chi connectivity index (χ0v) is 14.8. The van der Waals surface area contributed by atoms with Crippen LogP contribution in [-0.4, -0.2) is 19.3 Å². The summed E-state index contributed by atoms with van der Waals surface area (Å²) in [6, 6.07) is 4.76. The number of benzene rings is 1. The van der Waals surface area contributed by atoms with Gasteiger partial charge in [-0.15, -0.1) is 0 Å². The molecule has 1 aliphatic rings. The number of aryl methyl sites for hydroxylation is 1. The van der Waals surface area contributed by atoms with Crippen LogP contribution in [0.2, 0.25) is 0 Å². The van der Waals surface area contributed by atoms with Crippen LogP contribution in [0, 0.1) is 12.8 Å². The second-order valence-corrected chi connectivity index (χ2v) is 6.90. The van der Waals surface area contributed by atoms with Gasteiger partial charge in [0.25, 0.3) is 0 Å². The molecular formula is C15H21Br2NO. The van der Waals surface area contributed by atoms with E-state index in [9.17, 15) is 0 Å². The van der Waals surface area contributed by atoms with Gasteiger partial charge in [-0.3, -0.25) is 0 Å². The molecule has 0 bridgehead atoms. The van der Waals surface area contributed by atoms with Crippen molar-refractivity contribution in [3.8, 4) is 0 Å². The highest BCUT2D eigenvalue weighted by atomic mass is 79.9. The molecule has 1 fully saturated rings. The zero-order valence-electron chi connectivity index (χ0n) is 11.7. The van der Waals surface area contributed by atoms with Gasteiger partial charge < -0.3 is 10.1 Å². The van der Waals surface area contributed by atoms with Crippen LogP contribution in [0.15, 0.2) is 21.1 Å². The van der Waals surface area contributed by atoms with Gasteiger partial charge in [0.05, 0.1) is 6.10 Å². The smallest absolute Gasteiger partial charge is 0.0594 e. The fraction of sp³-hybridized carbons (Fsp3) is 0.600. The predicted octanol–water partition coefficient (Wildman–Crippen LogP) is 4.60. The van der Waals surface area contributed by atoms with Crippen molar-refractivity contribution in [1.82, 2.24) is 5.32 Å². The molecule has 19 heavy (non-hydrogen) atoms. The number of hydrogen-bond donors (Lipinski definition) is 1. The summed E-state index contributed by atoms with van der Waals surface area (Å²) in [7, 11) is 0. The van der Waals surface area contributed by atoms with E-state index in [-0.39, 0.29) is 0 Å². The van der Waals surface area contributed by atoms with E-state index in [0.29, 0.717) is 18.1 Å². The molecule has 3 unspecified atom stereocenters. The van der Waals surface area contributed by atoms with Gasteiger partial charge in [0.1, 0.15) is 0 Å². The molecule has 0 saturated carbocycles.